The lowest BCUT2D eigenvalue weighted by atomic mass is 10.1. The zero-order valence-corrected chi connectivity index (χ0v) is 8.40. The summed E-state index contributed by atoms with van der Waals surface area (Å²) in [5, 5.41) is 0. The number of carbonyl (C=O) groups excluding carboxylic acids is 1. The Morgan fingerprint density at radius 1 is 1.40 bits per heavy atom. The van der Waals surface area contributed by atoms with Crippen LogP contribution >= 0.6 is 0 Å². The van der Waals surface area contributed by atoms with E-state index in [0.717, 1.165) is 5.56 Å². The molecule has 4 nitrogen and oxygen atoms in total. The number of hydrogen-bond donors (Lipinski definition) is 1. The van der Waals surface area contributed by atoms with Gasteiger partial charge in [0, 0.05) is 12.0 Å². The van der Waals surface area contributed by atoms with Crippen LogP contribution in [0.3, 0.4) is 0 Å². The van der Waals surface area contributed by atoms with Crippen LogP contribution in [0.4, 0.5) is 0 Å². The van der Waals surface area contributed by atoms with Crippen molar-refractivity contribution in [2.75, 3.05) is 0 Å². The molecule has 0 saturated heterocycles. The first-order chi connectivity index (χ1) is 7.22. The maximum Gasteiger partial charge on any atom is 0.279 e. The molecule has 0 spiro atoms. The maximum absolute atomic E-state index is 11.4. The Hall–Kier alpha value is -1.97. The van der Waals surface area contributed by atoms with Crippen LogP contribution in [0.1, 0.15) is 29.3 Å². The molecular formula is C11H11N3O. The minimum atomic E-state index is -0.242. The van der Waals surface area contributed by atoms with Crippen molar-refractivity contribution >= 4 is 17.6 Å². The molecule has 0 saturated carbocycles. The number of carbonyl (C=O) groups is 1. The lowest BCUT2D eigenvalue weighted by molar-refractivity contribution is 0.101. The van der Waals surface area contributed by atoms with E-state index in [-0.39, 0.29) is 5.91 Å². The number of fused-ring (bicyclic) bond motifs is 1. The first-order valence-corrected chi connectivity index (χ1v) is 4.78. The summed E-state index contributed by atoms with van der Waals surface area (Å²) in [4.78, 5) is 19.4. The van der Waals surface area contributed by atoms with E-state index < -0.39 is 0 Å². The van der Waals surface area contributed by atoms with Gasteiger partial charge in [-0.3, -0.25) is 4.79 Å². The number of aliphatic imine (C=N–C) groups is 2. The van der Waals surface area contributed by atoms with Crippen LogP contribution in [0.5, 0.6) is 0 Å². The molecule has 0 aromatic heterocycles. The Morgan fingerprint density at radius 2 is 2.07 bits per heavy atom. The molecule has 2 N–H and O–H groups in total. The van der Waals surface area contributed by atoms with Gasteiger partial charge in [0.15, 0.2) is 5.84 Å². The topological polar surface area (TPSA) is 67.8 Å². The standard InChI is InChI=1S/C11H11N3O/c1-2-9(12)13-10-7-5-3-4-6-8(7)11(15)14-10/h3-6H,2H2,1H3,(H2,12,13,14,15). The third-order valence-corrected chi connectivity index (χ3v) is 2.22. The summed E-state index contributed by atoms with van der Waals surface area (Å²) >= 11 is 0. The fourth-order valence-corrected chi connectivity index (χ4v) is 1.38. The fraction of sp³-hybridized carbons (Fsp3) is 0.182. The molecular weight excluding hydrogens is 190 g/mol. The second-order valence-corrected chi connectivity index (χ2v) is 3.24. The minimum Gasteiger partial charge on any atom is -0.387 e. The van der Waals surface area contributed by atoms with Gasteiger partial charge in [-0.2, -0.15) is 4.99 Å². The van der Waals surface area contributed by atoms with Crippen LogP contribution in [0.2, 0.25) is 0 Å². The Balaban J connectivity index is 2.46. The summed E-state index contributed by atoms with van der Waals surface area (Å²) in [6.07, 6.45) is 0.648. The first-order valence-electron chi connectivity index (χ1n) is 4.78. The number of rotatable bonds is 1. The highest BCUT2D eigenvalue weighted by molar-refractivity contribution is 6.22. The minimum absolute atomic E-state index is 0.242. The zero-order chi connectivity index (χ0) is 10.8. The Bertz CT molecular complexity index is 474. The van der Waals surface area contributed by atoms with Gasteiger partial charge in [-0.05, 0) is 6.07 Å². The fourth-order valence-electron chi connectivity index (χ4n) is 1.38. The molecule has 0 unspecified atom stereocenters. The van der Waals surface area contributed by atoms with Crippen LogP contribution in [0, 0.1) is 0 Å². The van der Waals surface area contributed by atoms with Gasteiger partial charge < -0.3 is 5.73 Å². The van der Waals surface area contributed by atoms with E-state index in [1.165, 1.54) is 0 Å². The largest absolute Gasteiger partial charge is 0.387 e. The van der Waals surface area contributed by atoms with E-state index in [4.69, 9.17) is 5.73 Å². The first kappa shape index (κ1) is 9.58. The normalized spacial score (nSPS) is 15.1. The van der Waals surface area contributed by atoms with Crippen molar-refractivity contribution in [3.05, 3.63) is 35.4 Å². The summed E-state index contributed by atoms with van der Waals surface area (Å²) in [6, 6.07) is 7.23. The van der Waals surface area contributed by atoms with Gasteiger partial charge in [-0.25, -0.2) is 4.99 Å². The highest BCUT2D eigenvalue weighted by atomic mass is 16.1. The summed E-state index contributed by atoms with van der Waals surface area (Å²) in [7, 11) is 0. The van der Waals surface area contributed by atoms with E-state index in [1.807, 2.05) is 25.1 Å². The number of amidine groups is 2. The highest BCUT2D eigenvalue weighted by Crippen LogP contribution is 2.18. The van der Waals surface area contributed by atoms with Crippen molar-refractivity contribution in [2.24, 2.45) is 15.7 Å². The van der Waals surface area contributed by atoms with Crippen molar-refractivity contribution < 1.29 is 4.79 Å². The number of benzene rings is 1. The summed E-state index contributed by atoms with van der Waals surface area (Å²) < 4.78 is 0. The number of nitrogens with zero attached hydrogens (tertiary/aromatic N) is 2. The second-order valence-electron chi connectivity index (χ2n) is 3.24. The van der Waals surface area contributed by atoms with Crippen LogP contribution in [-0.2, 0) is 0 Å². The van der Waals surface area contributed by atoms with E-state index in [0.29, 0.717) is 23.7 Å². The van der Waals surface area contributed by atoms with Gasteiger partial charge in [-0.1, -0.05) is 25.1 Å². The SMILES string of the molecule is CCC(N)=NC1=NC(=O)c2ccccc21. The molecule has 0 radical (unpaired) electrons. The molecule has 1 heterocycles. The average Bonchev–Trinajstić information content (AvgIpc) is 2.57. The molecule has 0 bridgehead atoms. The van der Waals surface area contributed by atoms with Gasteiger partial charge in [0.1, 0.15) is 5.84 Å². The summed E-state index contributed by atoms with van der Waals surface area (Å²) in [5.74, 6) is 0.668. The molecule has 2 rings (SSSR count). The molecule has 1 aliphatic rings. The molecule has 1 aromatic carbocycles. The van der Waals surface area contributed by atoms with Crippen molar-refractivity contribution in [1.29, 1.82) is 0 Å². The molecule has 1 aromatic rings. The molecule has 0 fully saturated rings. The Labute approximate surface area is 87.5 Å². The number of nitrogens with two attached hydrogens (primary N) is 1. The van der Waals surface area contributed by atoms with E-state index >= 15 is 0 Å². The molecule has 0 atom stereocenters. The van der Waals surface area contributed by atoms with Crippen LogP contribution in [0.25, 0.3) is 0 Å². The predicted octanol–water partition coefficient (Wildman–Crippen LogP) is 1.35. The maximum atomic E-state index is 11.4. The predicted molar refractivity (Wildman–Crippen MR) is 59.2 cm³/mol. The monoisotopic (exact) mass is 201 g/mol. The van der Waals surface area contributed by atoms with Crippen molar-refractivity contribution in [3.63, 3.8) is 0 Å². The summed E-state index contributed by atoms with van der Waals surface area (Å²) in [5.41, 5.74) is 6.97. The lowest BCUT2D eigenvalue weighted by Gasteiger charge is -1.97. The third kappa shape index (κ3) is 1.66. The van der Waals surface area contributed by atoms with Crippen LogP contribution in [-0.4, -0.2) is 17.6 Å². The Kier molecular flexibility index (Phi) is 2.33. The molecule has 1 aliphatic heterocycles. The number of amides is 1. The smallest absolute Gasteiger partial charge is 0.279 e. The van der Waals surface area contributed by atoms with E-state index in [1.54, 1.807) is 6.07 Å². The highest BCUT2D eigenvalue weighted by Gasteiger charge is 2.21. The van der Waals surface area contributed by atoms with Gasteiger partial charge in [0.05, 0.1) is 5.56 Å². The van der Waals surface area contributed by atoms with Gasteiger partial charge >= 0.3 is 0 Å². The van der Waals surface area contributed by atoms with Gasteiger partial charge in [0.25, 0.3) is 5.91 Å². The van der Waals surface area contributed by atoms with E-state index in [9.17, 15) is 4.79 Å². The average molecular weight is 201 g/mol. The molecule has 4 heteroatoms. The van der Waals surface area contributed by atoms with Crippen molar-refractivity contribution in [3.8, 4) is 0 Å². The van der Waals surface area contributed by atoms with Crippen LogP contribution in [0.15, 0.2) is 34.3 Å². The Morgan fingerprint density at radius 3 is 2.73 bits per heavy atom. The summed E-state index contributed by atoms with van der Waals surface area (Å²) in [6.45, 7) is 1.90. The quantitative estimate of drug-likeness (QED) is 0.550. The third-order valence-electron chi connectivity index (χ3n) is 2.22. The van der Waals surface area contributed by atoms with Crippen molar-refractivity contribution in [2.45, 2.75) is 13.3 Å². The van der Waals surface area contributed by atoms with Gasteiger partial charge in [0.2, 0.25) is 0 Å². The zero-order valence-electron chi connectivity index (χ0n) is 8.40. The molecule has 15 heavy (non-hydrogen) atoms. The molecule has 0 aliphatic carbocycles. The lowest BCUT2D eigenvalue weighted by Crippen LogP contribution is -2.12. The molecule has 76 valence electrons. The van der Waals surface area contributed by atoms with Gasteiger partial charge in [-0.15, -0.1) is 0 Å². The van der Waals surface area contributed by atoms with Crippen LogP contribution < -0.4 is 5.73 Å². The number of hydrogen-bond acceptors (Lipinski definition) is 2. The molecule has 1 amide bonds. The van der Waals surface area contributed by atoms with Crippen molar-refractivity contribution in [1.82, 2.24) is 0 Å². The second kappa shape index (κ2) is 3.65. The van der Waals surface area contributed by atoms with E-state index in [2.05, 4.69) is 9.98 Å².